The third-order valence-corrected chi connectivity index (χ3v) is 3.68. The molecule has 2 aromatic rings. The second-order valence-electron chi connectivity index (χ2n) is 6.90. The van der Waals surface area contributed by atoms with E-state index < -0.39 is 23.7 Å². The number of benzene rings is 2. The summed E-state index contributed by atoms with van der Waals surface area (Å²) < 4.78 is 11.0. The highest BCUT2D eigenvalue weighted by molar-refractivity contribution is 6.30. The highest BCUT2D eigenvalue weighted by Gasteiger charge is 2.25. The van der Waals surface area contributed by atoms with Crippen molar-refractivity contribution in [2.45, 2.75) is 38.8 Å². The average Bonchev–Trinajstić information content (AvgIpc) is 2.56. The number of nitrogens with one attached hydrogen (secondary N) is 1. The number of rotatable bonds is 6. The van der Waals surface area contributed by atoms with Crippen LogP contribution in [0.4, 0.5) is 4.79 Å². The molecule has 0 fully saturated rings. The lowest BCUT2D eigenvalue weighted by atomic mass is 10.0. The molecule has 0 aromatic heterocycles. The van der Waals surface area contributed by atoms with Gasteiger partial charge in [0.05, 0.1) is 0 Å². The number of hydrogen-bond donors (Lipinski definition) is 2. The van der Waals surface area contributed by atoms with Crippen LogP contribution < -0.4 is 10.1 Å². The Hall–Kier alpha value is -2.73. The molecule has 27 heavy (non-hydrogen) atoms. The Balaban J connectivity index is 2.15. The zero-order valence-corrected chi connectivity index (χ0v) is 16.1. The Morgan fingerprint density at radius 3 is 2.33 bits per heavy atom. The van der Waals surface area contributed by atoms with E-state index in [-0.39, 0.29) is 6.42 Å². The van der Waals surface area contributed by atoms with Gasteiger partial charge in [0.15, 0.2) is 0 Å². The number of para-hydroxylation sites is 1. The lowest BCUT2D eigenvalue weighted by Crippen LogP contribution is -2.44. The molecule has 0 spiro atoms. The van der Waals surface area contributed by atoms with Crippen molar-refractivity contribution in [2.75, 3.05) is 0 Å². The molecule has 0 aliphatic rings. The van der Waals surface area contributed by atoms with Gasteiger partial charge >= 0.3 is 12.1 Å². The quantitative estimate of drug-likeness (QED) is 0.748. The maximum Gasteiger partial charge on any atom is 0.408 e. The first kappa shape index (κ1) is 20.6. The molecular formula is C20H22ClNO5. The molecule has 6 nitrogen and oxygen atoms in total. The smallest absolute Gasteiger partial charge is 0.408 e. The van der Waals surface area contributed by atoms with Crippen LogP contribution in [0.3, 0.4) is 0 Å². The van der Waals surface area contributed by atoms with Gasteiger partial charge in [-0.1, -0.05) is 29.8 Å². The summed E-state index contributed by atoms with van der Waals surface area (Å²) in [5.41, 5.74) is -0.0844. The normalized spacial score (nSPS) is 12.1. The number of carboxylic acids is 1. The predicted molar refractivity (Wildman–Crippen MR) is 102 cm³/mol. The van der Waals surface area contributed by atoms with Crippen LogP contribution in [0.15, 0.2) is 48.5 Å². The Morgan fingerprint density at radius 2 is 1.74 bits per heavy atom. The number of ether oxygens (including phenoxy) is 2. The minimum Gasteiger partial charge on any atom is -0.480 e. The third kappa shape index (κ3) is 6.83. The monoisotopic (exact) mass is 391 g/mol. The van der Waals surface area contributed by atoms with Crippen LogP contribution in [0.25, 0.3) is 0 Å². The molecule has 144 valence electrons. The number of alkyl carbamates (subject to hydrolysis) is 1. The summed E-state index contributed by atoms with van der Waals surface area (Å²) >= 11 is 5.87. The fourth-order valence-corrected chi connectivity index (χ4v) is 2.40. The van der Waals surface area contributed by atoms with Crippen molar-refractivity contribution in [3.8, 4) is 11.5 Å². The summed E-state index contributed by atoms with van der Waals surface area (Å²) in [4.78, 5) is 23.5. The van der Waals surface area contributed by atoms with Crippen molar-refractivity contribution in [2.24, 2.45) is 0 Å². The molecule has 0 radical (unpaired) electrons. The van der Waals surface area contributed by atoms with E-state index >= 15 is 0 Å². The molecule has 1 amide bonds. The summed E-state index contributed by atoms with van der Waals surface area (Å²) in [6.45, 7) is 5.12. The van der Waals surface area contributed by atoms with Crippen LogP contribution in [0.5, 0.6) is 11.5 Å². The molecule has 2 rings (SSSR count). The summed E-state index contributed by atoms with van der Waals surface area (Å²) in [5, 5.41) is 12.4. The number of amides is 1. The summed E-state index contributed by atoms with van der Waals surface area (Å²) in [5.74, 6) is -0.0990. The van der Waals surface area contributed by atoms with Crippen LogP contribution in [0, 0.1) is 0 Å². The lowest BCUT2D eigenvalue weighted by molar-refractivity contribution is -0.139. The van der Waals surface area contributed by atoms with Gasteiger partial charge in [-0.3, -0.25) is 0 Å². The number of carbonyl (C=O) groups excluding carboxylic acids is 1. The van der Waals surface area contributed by atoms with E-state index in [9.17, 15) is 14.7 Å². The van der Waals surface area contributed by atoms with Crippen molar-refractivity contribution in [3.63, 3.8) is 0 Å². The van der Waals surface area contributed by atoms with Crippen molar-refractivity contribution in [1.82, 2.24) is 5.32 Å². The van der Waals surface area contributed by atoms with Crippen LogP contribution in [-0.4, -0.2) is 28.8 Å². The van der Waals surface area contributed by atoms with Gasteiger partial charge in [0, 0.05) is 11.4 Å². The molecule has 2 N–H and O–H groups in total. The molecule has 2 aromatic carbocycles. The number of hydrogen-bond acceptors (Lipinski definition) is 4. The predicted octanol–water partition coefficient (Wildman–Crippen LogP) is 4.65. The molecule has 1 unspecified atom stereocenters. The number of carboxylic acid groups (broad SMARTS) is 1. The molecule has 0 aliphatic carbocycles. The van der Waals surface area contributed by atoms with E-state index in [4.69, 9.17) is 21.1 Å². The Labute approximate surface area is 163 Å². The Bertz CT molecular complexity index is 799. The fraction of sp³-hybridized carbons (Fsp3) is 0.300. The van der Waals surface area contributed by atoms with Gasteiger partial charge in [-0.15, -0.1) is 0 Å². The van der Waals surface area contributed by atoms with Gasteiger partial charge in [0.25, 0.3) is 0 Å². The van der Waals surface area contributed by atoms with Crippen LogP contribution in [0.1, 0.15) is 26.3 Å². The van der Waals surface area contributed by atoms with Crippen molar-refractivity contribution in [3.05, 3.63) is 59.1 Å². The topological polar surface area (TPSA) is 84.9 Å². The molecule has 0 aliphatic heterocycles. The number of aliphatic carboxylic acids is 1. The first-order valence-corrected chi connectivity index (χ1v) is 8.75. The summed E-state index contributed by atoms with van der Waals surface area (Å²) in [7, 11) is 0. The highest BCUT2D eigenvalue weighted by atomic mass is 35.5. The largest absolute Gasteiger partial charge is 0.480 e. The average molecular weight is 392 g/mol. The van der Waals surface area contributed by atoms with E-state index in [0.29, 0.717) is 22.1 Å². The fourth-order valence-electron chi connectivity index (χ4n) is 2.27. The number of carbonyl (C=O) groups is 2. The third-order valence-electron chi connectivity index (χ3n) is 3.43. The zero-order valence-electron chi connectivity index (χ0n) is 15.4. The Kier molecular flexibility index (Phi) is 6.69. The zero-order chi connectivity index (χ0) is 20.0. The van der Waals surface area contributed by atoms with Gasteiger partial charge in [-0.2, -0.15) is 0 Å². The highest BCUT2D eigenvalue weighted by Crippen LogP contribution is 2.27. The van der Waals surface area contributed by atoms with Gasteiger partial charge < -0.3 is 19.9 Å². The molecule has 0 heterocycles. The van der Waals surface area contributed by atoms with E-state index in [1.807, 2.05) is 0 Å². The summed E-state index contributed by atoms with van der Waals surface area (Å²) in [6, 6.07) is 12.7. The minimum atomic E-state index is -1.16. The van der Waals surface area contributed by atoms with Crippen molar-refractivity contribution < 1.29 is 24.2 Å². The van der Waals surface area contributed by atoms with Gasteiger partial charge in [-0.05, 0) is 56.7 Å². The maximum atomic E-state index is 11.9. The first-order chi connectivity index (χ1) is 12.6. The van der Waals surface area contributed by atoms with Crippen molar-refractivity contribution in [1.29, 1.82) is 0 Å². The molecular weight excluding hydrogens is 370 g/mol. The lowest BCUT2D eigenvalue weighted by Gasteiger charge is -2.22. The minimum absolute atomic E-state index is 0.0400. The van der Waals surface area contributed by atoms with E-state index in [0.717, 1.165) is 0 Å². The van der Waals surface area contributed by atoms with Crippen molar-refractivity contribution >= 4 is 23.7 Å². The van der Waals surface area contributed by atoms with Gasteiger partial charge in [0.1, 0.15) is 23.1 Å². The van der Waals surface area contributed by atoms with Crippen LogP contribution >= 0.6 is 11.6 Å². The first-order valence-electron chi connectivity index (χ1n) is 8.38. The maximum absolute atomic E-state index is 11.9. The van der Waals surface area contributed by atoms with E-state index in [2.05, 4.69) is 5.32 Å². The SMILES string of the molecule is CC(C)(C)OC(=O)NC(Cc1ccccc1Oc1ccc(Cl)cc1)C(=O)O. The molecule has 1 atom stereocenters. The molecule has 0 saturated heterocycles. The van der Waals surface area contributed by atoms with Crippen LogP contribution in [0.2, 0.25) is 5.02 Å². The second kappa shape index (κ2) is 8.77. The van der Waals surface area contributed by atoms with E-state index in [1.165, 1.54) is 0 Å². The Morgan fingerprint density at radius 1 is 1.11 bits per heavy atom. The molecule has 0 saturated carbocycles. The van der Waals surface area contributed by atoms with Gasteiger partial charge in [0.2, 0.25) is 0 Å². The van der Waals surface area contributed by atoms with Crippen LogP contribution in [-0.2, 0) is 16.0 Å². The standard InChI is InChI=1S/C20H22ClNO5/c1-20(2,3)27-19(25)22-16(18(23)24)12-13-6-4-5-7-17(13)26-15-10-8-14(21)9-11-15/h4-11,16H,12H2,1-3H3,(H,22,25)(H,23,24). The molecule has 0 bridgehead atoms. The van der Waals surface area contributed by atoms with E-state index in [1.54, 1.807) is 69.3 Å². The van der Waals surface area contributed by atoms with Gasteiger partial charge in [-0.25, -0.2) is 9.59 Å². The number of halogens is 1. The molecule has 7 heteroatoms. The second-order valence-corrected chi connectivity index (χ2v) is 7.34. The summed E-state index contributed by atoms with van der Waals surface area (Å²) in [6.07, 6.45) is -0.746.